The molecule has 0 radical (unpaired) electrons. The van der Waals surface area contributed by atoms with E-state index in [0.29, 0.717) is 37.6 Å². The molecule has 36 heavy (non-hydrogen) atoms. The second-order valence-corrected chi connectivity index (χ2v) is 10.2. The van der Waals surface area contributed by atoms with Gasteiger partial charge in [0.15, 0.2) is 0 Å². The van der Waals surface area contributed by atoms with Crippen LogP contribution in [0.4, 0.5) is 21.9 Å². The number of hydrogen-bond donors (Lipinski definition) is 4. The molecule has 1 atom stereocenters. The molecule has 0 aromatic heterocycles. The predicted molar refractivity (Wildman–Crippen MR) is 143 cm³/mol. The van der Waals surface area contributed by atoms with Crippen molar-refractivity contribution in [2.75, 3.05) is 35.3 Å². The van der Waals surface area contributed by atoms with Gasteiger partial charge in [0.05, 0.1) is 23.4 Å². The largest absolute Gasteiger partial charge is 0.481 e. The Labute approximate surface area is 213 Å². The van der Waals surface area contributed by atoms with E-state index in [1.807, 2.05) is 56.3 Å². The van der Waals surface area contributed by atoms with Crippen LogP contribution < -0.4 is 15.5 Å². The first-order valence-electron chi connectivity index (χ1n) is 12.6. The number of rotatable bonds is 10. The highest BCUT2D eigenvalue weighted by Crippen LogP contribution is 2.36. The first-order chi connectivity index (χ1) is 17.1. The van der Waals surface area contributed by atoms with E-state index in [0.717, 1.165) is 29.7 Å². The molecule has 196 valence electrons. The molecule has 1 aliphatic heterocycles. The average Bonchev–Trinajstić information content (AvgIpc) is 2.82. The topological polar surface area (TPSA) is 111 Å². The van der Waals surface area contributed by atoms with Crippen molar-refractivity contribution in [1.82, 2.24) is 0 Å². The number of carbonyl (C=O) groups excluding carboxylic acids is 1. The van der Waals surface area contributed by atoms with E-state index in [9.17, 15) is 19.8 Å². The molecule has 1 heterocycles. The molecular weight excluding hydrogens is 458 g/mol. The predicted octanol–water partition coefficient (Wildman–Crippen LogP) is 5.36. The second-order valence-electron chi connectivity index (χ2n) is 10.2. The van der Waals surface area contributed by atoms with Crippen molar-refractivity contribution < 1.29 is 24.5 Å². The lowest BCUT2D eigenvalue weighted by atomic mass is 9.92. The molecule has 1 aliphatic rings. The van der Waals surface area contributed by atoms with Crippen molar-refractivity contribution >= 4 is 29.1 Å². The minimum atomic E-state index is -0.965. The number of aryl methyl sites for hydroxylation is 1. The van der Waals surface area contributed by atoms with Crippen molar-refractivity contribution in [3.8, 4) is 0 Å². The fourth-order valence-corrected chi connectivity index (χ4v) is 4.61. The fourth-order valence-electron chi connectivity index (χ4n) is 4.61. The summed E-state index contributed by atoms with van der Waals surface area (Å²) in [6.07, 6.45) is 2.29. The maximum atomic E-state index is 13.0. The first kappa shape index (κ1) is 27.5. The number of carboxylic acid groups (broad SMARTS) is 1. The maximum Gasteiger partial charge on any atom is 0.323 e. The summed E-state index contributed by atoms with van der Waals surface area (Å²) in [5.74, 6) is -1.04. The number of aliphatic carboxylic acids is 1. The summed E-state index contributed by atoms with van der Waals surface area (Å²) in [7, 11) is 0. The third kappa shape index (κ3) is 7.96. The lowest BCUT2D eigenvalue weighted by molar-refractivity contribution is -0.137. The quantitative estimate of drug-likeness (QED) is 0.351. The maximum absolute atomic E-state index is 13.0. The van der Waals surface area contributed by atoms with Gasteiger partial charge in [0.2, 0.25) is 0 Å². The average molecular weight is 498 g/mol. The Hall–Kier alpha value is -3.10. The van der Waals surface area contributed by atoms with E-state index < -0.39 is 17.6 Å². The number of carboxylic acids is 1. The van der Waals surface area contributed by atoms with Crippen molar-refractivity contribution in [2.24, 2.45) is 0 Å². The standard InChI is InChI=1S/C28H39N3O5/c1-5-20(17-26(32)33)21-8-11-25(31(18-28(3,4)35)23-12-14-36-15-13-23)24(16-21)30-27(34)29-22-9-6-19(2)7-10-22/h6-11,16,20,23,35H,5,12-15,17-18H2,1-4H3,(H,32,33)(H2,29,30,34)/t20-/m1/s1. The third-order valence-electron chi connectivity index (χ3n) is 6.46. The van der Waals surface area contributed by atoms with Gasteiger partial charge < -0.3 is 30.5 Å². The van der Waals surface area contributed by atoms with Gasteiger partial charge in [-0.05, 0) is 75.8 Å². The highest BCUT2D eigenvalue weighted by Gasteiger charge is 2.29. The first-order valence-corrected chi connectivity index (χ1v) is 12.6. The van der Waals surface area contributed by atoms with Crippen LogP contribution in [-0.4, -0.2) is 53.6 Å². The Morgan fingerprint density at radius 3 is 2.36 bits per heavy atom. The summed E-state index contributed by atoms with van der Waals surface area (Å²) in [6.45, 7) is 9.13. The molecule has 1 saturated heterocycles. The van der Waals surface area contributed by atoms with Gasteiger partial charge >= 0.3 is 12.0 Å². The smallest absolute Gasteiger partial charge is 0.323 e. The minimum absolute atomic E-state index is 0.0121. The van der Waals surface area contributed by atoms with E-state index in [4.69, 9.17) is 4.74 Å². The highest BCUT2D eigenvalue weighted by atomic mass is 16.5. The van der Waals surface area contributed by atoms with Crippen molar-refractivity contribution in [3.05, 3.63) is 53.6 Å². The van der Waals surface area contributed by atoms with Crippen LogP contribution in [0.2, 0.25) is 0 Å². The van der Waals surface area contributed by atoms with Crippen LogP contribution in [0.3, 0.4) is 0 Å². The number of amides is 2. The van der Waals surface area contributed by atoms with E-state index >= 15 is 0 Å². The second kappa shape index (κ2) is 12.2. The van der Waals surface area contributed by atoms with Crippen molar-refractivity contribution in [1.29, 1.82) is 0 Å². The SMILES string of the molecule is CC[C@H](CC(=O)O)c1ccc(N(CC(C)(C)O)C2CCOCC2)c(NC(=O)Nc2ccc(C)cc2)c1. The Balaban J connectivity index is 1.99. The number of benzene rings is 2. The molecule has 0 unspecified atom stereocenters. The van der Waals surface area contributed by atoms with Crippen LogP contribution in [0.25, 0.3) is 0 Å². The van der Waals surface area contributed by atoms with Gasteiger partial charge in [-0.2, -0.15) is 0 Å². The molecule has 8 nitrogen and oxygen atoms in total. The van der Waals surface area contributed by atoms with Gasteiger partial charge in [0.25, 0.3) is 0 Å². The molecule has 0 bridgehead atoms. The number of anilines is 3. The van der Waals surface area contributed by atoms with Crippen molar-refractivity contribution in [2.45, 2.75) is 70.9 Å². The van der Waals surface area contributed by atoms with Crippen LogP contribution >= 0.6 is 0 Å². The molecular formula is C28H39N3O5. The summed E-state index contributed by atoms with van der Waals surface area (Å²) in [5, 5.41) is 26.0. The molecule has 0 saturated carbocycles. The Morgan fingerprint density at radius 1 is 1.11 bits per heavy atom. The number of carbonyl (C=O) groups is 2. The number of nitrogens with zero attached hydrogens (tertiary/aromatic N) is 1. The summed E-state index contributed by atoms with van der Waals surface area (Å²) in [6, 6.07) is 13.0. The summed E-state index contributed by atoms with van der Waals surface area (Å²) >= 11 is 0. The molecule has 3 rings (SSSR count). The van der Waals surface area contributed by atoms with E-state index in [1.165, 1.54) is 0 Å². The summed E-state index contributed by atoms with van der Waals surface area (Å²) in [4.78, 5) is 26.6. The van der Waals surface area contributed by atoms with Gasteiger partial charge in [-0.15, -0.1) is 0 Å². The van der Waals surface area contributed by atoms with Crippen LogP contribution in [-0.2, 0) is 9.53 Å². The number of ether oxygens (including phenoxy) is 1. The molecule has 2 aromatic carbocycles. The van der Waals surface area contributed by atoms with E-state index in [2.05, 4.69) is 15.5 Å². The Morgan fingerprint density at radius 2 is 1.78 bits per heavy atom. The molecule has 0 aliphatic carbocycles. The molecule has 4 N–H and O–H groups in total. The van der Waals surface area contributed by atoms with Crippen LogP contribution in [0.5, 0.6) is 0 Å². The fraction of sp³-hybridized carbons (Fsp3) is 0.500. The van der Waals surface area contributed by atoms with Crippen LogP contribution in [0, 0.1) is 6.92 Å². The number of urea groups is 1. The zero-order valence-electron chi connectivity index (χ0n) is 21.7. The third-order valence-corrected chi connectivity index (χ3v) is 6.46. The van der Waals surface area contributed by atoms with Gasteiger partial charge in [-0.3, -0.25) is 4.79 Å². The van der Waals surface area contributed by atoms with Gasteiger partial charge in [-0.25, -0.2) is 4.79 Å². The Kier molecular flexibility index (Phi) is 9.34. The van der Waals surface area contributed by atoms with Crippen LogP contribution in [0.1, 0.15) is 63.5 Å². The summed E-state index contributed by atoms with van der Waals surface area (Å²) < 4.78 is 5.56. The monoisotopic (exact) mass is 497 g/mol. The van der Waals surface area contributed by atoms with Crippen LogP contribution in [0.15, 0.2) is 42.5 Å². The molecule has 1 fully saturated rings. The van der Waals surface area contributed by atoms with Crippen molar-refractivity contribution in [3.63, 3.8) is 0 Å². The number of aliphatic hydroxyl groups is 1. The molecule has 0 spiro atoms. The zero-order valence-corrected chi connectivity index (χ0v) is 21.7. The number of hydrogen-bond acceptors (Lipinski definition) is 5. The summed E-state index contributed by atoms with van der Waals surface area (Å²) in [5.41, 5.74) is 3.02. The van der Waals surface area contributed by atoms with Gasteiger partial charge in [0.1, 0.15) is 0 Å². The van der Waals surface area contributed by atoms with Gasteiger partial charge in [-0.1, -0.05) is 30.7 Å². The zero-order chi connectivity index (χ0) is 26.3. The highest BCUT2D eigenvalue weighted by molar-refractivity contribution is 6.02. The Bertz CT molecular complexity index is 1030. The normalized spacial score (nSPS) is 15.2. The minimum Gasteiger partial charge on any atom is -0.481 e. The van der Waals surface area contributed by atoms with E-state index in [-0.39, 0.29) is 18.4 Å². The molecule has 8 heteroatoms. The van der Waals surface area contributed by atoms with E-state index in [1.54, 1.807) is 13.8 Å². The number of nitrogens with one attached hydrogen (secondary N) is 2. The lowest BCUT2D eigenvalue weighted by Crippen LogP contribution is -2.47. The lowest BCUT2D eigenvalue weighted by Gasteiger charge is -2.40. The molecule has 2 amide bonds. The molecule has 2 aromatic rings. The van der Waals surface area contributed by atoms with Gasteiger partial charge in [0, 0.05) is 31.5 Å².